The van der Waals surface area contributed by atoms with Crippen LogP contribution < -0.4 is 9.15 Å². The summed E-state index contributed by atoms with van der Waals surface area (Å²) < 4.78 is 36.0. The van der Waals surface area contributed by atoms with Gasteiger partial charge in [0.1, 0.15) is 0 Å². The Morgan fingerprint density at radius 3 is 2.72 bits per heavy atom. The minimum Gasteiger partial charge on any atom is -0.539 e. The summed E-state index contributed by atoms with van der Waals surface area (Å²) >= 11 is 3.53. The van der Waals surface area contributed by atoms with Gasteiger partial charge >= 0.3 is 0 Å². The van der Waals surface area contributed by atoms with Crippen molar-refractivity contribution in [2.24, 2.45) is 0 Å². The third-order valence-corrected chi connectivity index (χ3v) is 6.22. The number of furan rings is 1. The number of para-hydroxylation sites is 1. The molecule has 1 unspecified atom stereocenters. The average molecular weight is 499 g/mol. The Bertz CT molecular complexity index is 1090. The Kier molecular flexibility index (Phi) is 6.67. The Morgan fingerprint density at radius 2 is 2.03 bits per heavy atom. The summed E-state index contributed by atoms with van der Waals surface area (Å²) in [6.45, 7) is 6.25. The first-order valence-electron chi connectivity index (χ1n) is 9.07. The summed E-state index contributed by atoms with van der Waals surface area (Å²) in [5, 5.41) is 11.8. The second-order valence-corrected chi connectivity index (χ2v) is 13.9. The van der Waals surface area contributed by atoms with Gasteiger partial charge in [-0.05, 0) is 38.2 Å². The zero-order valence-corrected chi connectivity index (χ0v) is 19.8. The first-order valence-corrected chi connectivity index (χ1v) is 14.6. The molecule has 0 amide bonds. The lowest BCUT2D eigenvalue weighted by Crippen LogP contribution is -2.29. The number of aromatic hydroxyl groups is 1. The first-order chi connectivity index (χ1) is 13.7. The highest BCUT2D eigenvalue weighted by Crippen LogP contribution is 2.48. The molecule has 0 saturated carbocycles. The van der Waals surface area contributed by atoms with E-state index in [4.69, 9.17) is 8.84 Å². The molecule has 3 rings (SSSR count). The van der Waals surface area contributed by atoms with Crippen LogP contribution in [0.1, 0.15) is 17.0 Å². The largest absolute Gasteiger partial charge is 0.539 e. The van der Waals surface area contributed by atoms with Gasteiger partial charge in [0.25, 0.3) is 0 Å². The second kappa shape index (κ2) is 8.86. The van der Waals surface area contributed by atoms with Crippen molar-refractivity contribution in [1.82, 2.24) is 9.71 Å². The summed E-state index contributed by atoms with van der Waals surface area (Å²) in [4.78, 5) is 4.09. The maximum atomic E-state index is 10.9. The van der Waals surface area contributed by atoms with Crippen LogP contribution in [-0.2, 0) is 10.9 Å². The third-order valence-electron chi connectivity index (χ3n) is 4.05. The van der Waals surface area contributed by atoms with Gasteiger partial charge in [-0.3, -0.25) is 4.98 Å². The van der Waals surface area contributed by atoms with Crippen LogP contribution in [0.15, 0.2) is 40.9 Å². The highest BCUT2D eigenvalue weighted by atomic mass is 79.9. The molecule has 1 aromatic carbocycles. The van der Waals surface area contributed by atoms with E-state index in [-0.39, 0.29) is 22.9 Å². The zero-order chi connectivity index (χ0) is 21.2. The molecule has 3 aromatic rings. The van der Waals surface area contributed by atoms with Crippen molar-refractivity contribution in [1.29, 1.82) is 0 Å². The van der Waals surface area contributed by atoms with Crippen molar-refractivity contribution in [3.8, 4) is 22.8 Å². The molecule has 0 fully saturated rings. The highest BCUT2D eigenvalue weighted by Gasteiger charge is 2.30. The van der Waals surface area contributed by atoms with Gasteiger partial charge < -0.3 is 13.9 Å². The quantitative estimate of drug-likeness (QED) is 0.242. The molecule has 0 radical (unpaired) electrons. The highest BCUT2D eigenvalue weighted by molar-refractivity contribution is 9.09. The van der Waals surface area contributed by atoms with Gasteiger partial charge in [0.2, 0.25) is 25.0 Å². The molecule has 2 aromatic heterocycles. The number of fused-ring (bicyclic) bond motifs is 1. The second-order valence-electron chi connectivity index (χ2n) is 7.53. The zero-order valence-electron chi connectivity index (χ0n) is 16.3. The van der Waals surface area contributed by atoms with Crippen molar-refractivity contribution < 1.29 is 22.4 Å². The van der Waals surface area contributed by atoms with Gasteiger partial charge in [0.05, 0.1) is 10.3 Å². The number of pyridine rings is 1. The topological polar surface area (TPSA) is 102 Å². The lowest BCUT2D eigenvalue weighted by atomic mass is 10.1. The molecule has 2 N–H and O–H groups in total. The number of nitrogens with one attached hydrogen (secondary N) is 1. The van der Waals surface area contributed by atoms with Crippen LogP contribution in [0.25, 0.3) is 22.2 Å². The molecular formula is C19H23BrN2O5SSi. The number of thiol groups is 1. The van der Waals surface area contributed by atoms with E-state index in [0.29, 0.717) is 23.5 Å². The smallest absolute Gasteiger partial charge is 0.242 e. The van der Waals surface area contributed by atoms with Crippen LogP contribution >= 0.6 is 15.9 Å². The Morgan fingerprint density at radius 1 is 1.31 bits per heavy atom. The van der Waals surface area contributed by atoms with E-state index >= 15 is 0 Å². The van der Waals surface area contributed by atoms with E-state index in [1.165, 1.54) is 0 Å². The number of aromatic nitrogens is 1. The standard InChI is InChI=1S/C19H23BrN2O5SSi/c1-29(2,3)27-19-16(23)17(26-18(19)14(20)8-9-22-28(24)25)13-10-12-6-4-5-7-15(12)21-11-13/h4-7,10-11,14,23,28H,8-9H2,1-3H3,(H,22,24,25). The molecule has 2 heterocycles. The van der Waals surface area contributed by atoms with Gasteiger partial charge in [0, 0.05) is 23.7 Å². The Balaban J connectivity index is 2.02. The maximum Gasteiger partial charge on any atom is 0.242 e. The van der Waals surface area contributed by atoms with E-state index < -0.39 is 19.2 Å². The number of alkyl halides is 1. The molecule has 1 atom stereocenters. The minimum absolute atomic E-state index is 0.0770. The molecule has 10 heteroatoms. The predicted molar refractivity (Wildman–Crippen MR) is 120 cm³/mol. The molecule has 0 bridgehead atoms. The fourth-order valence-corrected chi connectivity index (χ4v) is 4.49. The van der Waals surface area contributed by atoms with E-state index in [1.807, 2.05) is 50.0 Å². The van der Waals surface area contributed by atoms with Crippen molar-refractivity contribution in [2.45, 2.75) is 30.9 Å². The van der Waals surface area contributed by atoms with Gasteiger partial charge in [-0.25, -0.2) is 13.1 Å². The van der Waals surface area contributed by atoms with Crippen LogP contribution in [0.5, 0.6) is 11.5 Å². The van der Waals surface area contributed by atoms with Crippen LogP contribution in [0.2, 0.25) is 19.6 Å². The van der Waals surface area contributed by atoms with E-state index in [2.05, 4.69) is 25.6 Å². The predicted octanol–water partition coefficient (Wildman–Crippen LogP) is 4.36. The molecule has 7 nitrogen and oxygen atoms in total. The van der Waals surface area contributed by atoms with Gasteiger partial charge in [-0.1, -0.05) is 34.1 Å². The van der Waals surface area contributed by atoms with Crippen molar-refractivity contribution in [3.63, 3.8) is 0 Å². The van der Waals surface area contributed by atoms with Gasteiger partial charge in [0.15, 0.2) is 17.3 Å². The molecule has 29 heavy (non-hydrogen) atoms. The monoisotopic (exact) mass is 498 g/mol. The number of rotatable bonds is 8. The number of benzene rings is 1. The number of hydrogen-bond donors (Lipinski definition) is 3. The first kappa shape index (κ1) is 21.8. The molecule has 0 saturated heterocycles. The van der Waals surface area contributed by atoms with Crippen LogP contribution in [-0.4, -0.2) is 33.4 Å². The van der Waals surface area contributed by atoms with Gasteiger partial charge in [-0.2, -0.15) is 0 Å². The fraction of sp³-hybridized carbons (Fsp3) is 0.316. The van der Waals surface area contributed by atoms with Crippen molar-refractivity contribution in [3.05, 3.63) is 42.3 Å². The number of halogens is 1. The number of hydrogen-bond acceptors (Lipinski definition) is 6. The molecule has 0 aliphatic carbocycles. The van der Waals surface area contributed by atoms with Crippen LogP contribution in [0.4, 0.5) is 0 Å². The normalized spacial score (nSPS) is 13.1. The summed E-state index contributed by atoms with van der Waals surface area (Å²) in [6, 6.07) is 9.58. The molecule has 0 aliphatic rings. The summed E-state index contributed by atoms with van der Waals surface area (Å²) in [6.07, 6.45) is 2.07. The van der Waals surface area contributed by atoms with Crippen LogP contribution in [0.3, 0.4) is 0 Å². The summed E-state index contributed by atoms with van der Waals surface area (Å²) in [7, 11) is -4.72. The molecule has 0 aliphatic heterocycles. The van der Waals surface area contributed by atoms with Crippen LogP contribution in [0, 0.1) is 0 Å². The van der Waals surface area contributed by atoms with Crippen molar-refractivity contribution >= 4 is 46.0 Å². The summed E-state index contributed by atoms with van der Waals surface area (Å²) in [5.41, 5.74) is 1.48. The summed E-state index contributed by atoms with van der Waals surface area (Å²) in [5.74, 6) is 0.919. The number of nitrogens with zero attached hydrogens (tertiary/aromatic N) is 1. The average Bonchev–Trinajstić information content (AvgIpc) is 2.96. The fourth-order valence-electron chi connectivity index (χ4n) is 2.84. The molecular weight excluding hydrogens is 476 g/mol. The molecule has 156 valence electrons. The lowest BCUT2D eigenvalue weighted by Gasteiger charge is -2.20. The van der Waals surface area contributed by atoms with Gasteiger partial charge in [-0.15, -0.1) is 0 Å². The SMILES string of the molecule is C[Si](C)(C)Oc1c(C(Br)CCN[SH](=O)=O)oc(-c2cnc3ccccc3c2)c1O. The Hall–Kier alpha value is -1.88. The van der Waals surface area contributed by atoms with Crippen molar-refractivity contribution in [2.75, 3.05) is 6.54 Å². The van der Waals surface area contributed by atoms with E-state index in [1.54, 1.807) is 6.20 Å². The van der Waals surface area contributed by atoms with E-state index in [9.17, 15) is 13.5 Å². The lowest BCUT2D eigenvalue weighted by molar-refractivity contribution is 0.438. The third kappa shape index (κ3) is 5.38. The minimum atomic E-state index is -2.67. The van der Waals surface area contributed by atoms with E-state index in [0.717, 1.165) is 10.9 Å². The molecule has 0 spiro atoms. The Labute approximate surface area is 180 Å². The maximum absolute atomic E-state index is 10.9.